The molecule has 0 aromatic heterocycles. The molecule has 0 fully saturated rings. The first-order valence-electron chi connectivity index (χ1n) is 3.56. The van der Waals surface area contributed by atoms with Gasteiger partial charge in [0.15, 0.2) is 0 Å². The molecule has 0 aromatic carbocycles. The molecule has 0 aliphatic rings. The summed E-state index contributed by atoms with van der Waals surface area (Å²) in [4.78, 5) is 0. The van der Waals surface area contributed by atoms with Crippen LogP contribution < -0.4 is 0 Å². The first-order chi connectivity index (χ1) is 4.77. The molecule has 0 saturated heterocycles. The van der Waals surface area contributed by atoms with E-state index in [-0.39, 0.29) is 0 Å². The van der Waals surface area contributed by atoms with Crippen molar-refractivity contribution in [1.82, 2.24) is 0 Å². The molecule has 0 atom stereocenters. The molecule has 0 N–H and O–H groups in total. The Balaban J connectivity index is 3.04. The zero-order chi connectivity index (χ0) is 7.82. The molecule has 0 amide bonds. The number of hydrogen-bond acceptors (Lipinski definition) is 2. The second kappa shape index (κ2) is 7.55. The van der Waals surface area contributed by atoms with Crippen molar-refractivity contribution in [2.24, 2.45) is 0 Å². The summed E-state index contributed by atoms with van der Waals surface area (Å²) in [7, 11) is 0. The molecule has 0 heterocycles. The second-order valence-electron chi connectivity index (χ2n) is 2.34. The van der Waals surface area contributed by atoms with E-state index in [1.165, 1.54) is 12.2 Å². The Kier molecular flexibility index (Phi) is 7.88. The van der Waals surface area contributed by atoms with Crippen LogP contribution in [0.2, 0.25) is 0 Å². The van der Waals surface area contributed by atoms with Gasteiger partial charge in [0.05, 0.1) is 0 Å². The Morgan fingerprint density at radius 2 is 2.10 bits per heavy atom. The first-order valence-corrected chi connectivity index (χ1v) is 5.90. The van der Waals surface area contributed by atoms with E-state index in [0.29, 0.717) is 0 Å². The van der Waals surface area contributed by atoms with E-state index in [4.69, 9.17) is 0 Å². The zero-order valence-corrected chi connectivity index (χ0v) is 8.60. The molecule has 10 heavy (non-hydrogen) atoms. The predicted octanol–water partition coefficient (Wildman–Crippen LogP) is 3.39. The third-order valence-corrected chi connectivity index (χ3v) is 2.47. The van der Waals surface area contributed by atoms with E-state index >= 15 is 0 Å². The fourth-order valence-corrected chi connectivity index (χ4v) is 1.40. The molecule has 0 saturated carbocycles. The summed E-state index contributed by atoms with van der Waals surface area (Å²) in [6, 6.07) is 0. The molecule has 2 heteroatoms. The fourth-order valence-electron chi connectivity index (χ4n) is 0.467. The Bertz CT molecular complexity index is 87.3. The van der Waals surface area contributed by atoms with Crippen molar-refractivity contribution in [2.75, 3.05) is 12.0 Å². The highest BCUT2D eigenvalue weighted by Crippen LogP contribution is 2.10. The van der Waals surface area contributed by atoms with Gasteiger partial charge in [-0.05, 0) is 23.8 Å². The monoisotopic (exact) mass is 176 g/mol. The Morgan fingerprint density at radius 1 is 1.40 bits per heavy atom. The van der Waals surface area contributed by atoms with Crippen LogP contribution in [0, 0.1) is 0 Å². The summed E-state index contributed by atoms with van der Waals surface area (Å²) in [6.45, 7) is 4.42. The van der Waals surface area contributed by atoms with Crippen LogP contribution in [0.15, 0.2) is 11.5 Å². The van der Waals surface area contributed by atoms with Gasteiger partial charge in [0.1, 0.15) is 0 Å². The van der Waals surface area contributed by atoms with E-state index in [9.17, 15) is 0 Å². The van der Waals surface area contributed by atoms with Gasteiger partial charge in [-0.25, -0.2) is 0 Å². The van der Waals surface area contributed by atoms with Gasteiger partial charge in [-0.1, -0.05) is 19.9 Å². The first kappa shape index (κ1) is 10.4. The number of thioether (sulfide) groups is 2. The molecule has 0 rings (SSSR count). The van der Waals surface area contributed by atoms with Crippen molar-refractivity contribution >= 4 is 23.5 Å². The topological polar surface area (TPSA) is 0 Å². The summed E-state index contributed by atoms with van der Waals surface area (Å²) in [5.74, 6) is 1.25. The normalized spacial score (nSPS) is 11.6. The van der Waals surface area contributed by atoms with Crippen molar-refractivity contribution in [1.29, 1.82) is 0 Å². The highest BCUT2D eigenvalue weighted by Gasteiger charge is 1.86. The molecule has 60 valence electrons. The van der Waals surface area contributed by atoms with Crippen LogP contribution in [0.5, 0.6) is 0 Å². The van der Waals surface area contributed by atoms with Gasteiger partial charge in [-0.15, -0.1) is 11.8 Å². The lowest BCUT2D eigenvalue weighted by atomic mass is 10.5. The number of rotatable bonds is 5. The quantitative estimate of drug-likeness (QED) is 0.589. The summed E-state index contributed by atoms with van der Waals surface area (Å²) >= 11 is 3.79. The maximum atomic E-state index is 2.25. The standard InChI is InChI=1S/C8H16S2/c1-8(2)10-7-5-4-6-9-3/h5,7-8H,4,6H2,1-3H3/b7-5-. The Morgan fingerprint density at radius 3 is 2.60 bits per heavy atom. The molecule has 0 aliphatic carbocycles. The van der Waals surface area contributed by atoms with Crippen LogP contribution in [-0.4, -0.2) is 17.3 Å². The molecule has 0 radical (unpaired) electrons. The Hall–Kier alpha value is 0.440. The minimum Gasteiger partial charge on any atom is -0.165 e. The highest BCUT2D eigenvalue weighted by molar-refractivity contribution is 8.02. The van der Waals surface area contributed by atoms with E-state index in [1.54, 1.807) is 0 Å². The van der Waals surface area contributed by atoms with Crippen molar-refractivity contribution in [3.05, 3.63) is 11.5 Å². The SMILES string of the molecule is CSCC/C=C\SC(C)C. The third-order valence-electron chi connectivity index (χ3n) is 0.936. The molecular weight excluding hydrogens is 160 g/mol. The van der Waals surface area contributed by atoms with Crippen molar-refractivity contribution in [3.63, 3.8) is 0 Å². The van der Waals surface area contributed by atoms with E-state index in [1.807, 2.05) is 23.5 Å². The third kappa shape index (κ3) is 8.44. The molecule has 0 spiro atoms. The van der Waals surface area contributed by atoms with Crippen molar-refractivity contribution in [2.45, 2.75) is 25.5 Å². The lowest BCUT2D eigenvalue weighted by Gasteiger charge is -1.95. The van der Waals surface area contributed by atoms with Gasteiger partial charge >= 0.3 is 0 Å². The van der Waals surface area contributed by atoms with Gasteiger partial charge < -0.3 is 0 Å². The minimum absolute atomic E-state index is 0.727. The van der Waals surface area contributed by atoms with Crippen LogP contribution in [0.4, 0.5) is 0 Å². The van der Waals surface area contributed by atoms with Gasteiger partial charge in [0.2, 0.25) is 0 Å². The Labute approximate surface area is 72.9 Å². The van der Waals surface area contributed by atoms with Crippen LogP contribution in [-0.2, 0) is 0 Å². The molecule has 0 aromatic rings. The second-order valence-corrected chi connectivity index (χ2v) is 4.81. The van der Waals surface area contributed by atoms with Crippen molar-refractivity contribution in [3.8, 4) is 0 Å². The number of hydrogen-bond donors (Lipinski definition) is 0. The predicted molar refractivity (Wildman–Crippen MR) is 54.9 cm³/mol. The summed E-state index contributed by atoms with van der Waals surface area (Å²) in [5.41, 5.74) is 0. The maximum Gasteiger partial charge on any atom is 0.00316 e. The minimum atomic E-state index is 0.727. The lowest BCUT2D eigenvalue weighted by molar-refractivity contribution is 1.12. The van der Waals surface area contributed by atoms with E-state index in [2.05, 4.69) is 31.6 Å². The maximum absolute atomic E-state index is 2.25. The molecular formula is C8H16S2. The van der Waals surface area contributed by atoms with Crippen LogP contribution in [0.1, 0.15) is 20.3 Å². The fraction of sp³-hybridized carbons (Fsp3) is 0.750. The average molecular weight is 176 g/mol. The van der Waals surface area contributed by atoms with Gasteiger partial charge in [-0.2, -0.15) is 11.8 Å². The summed E-state index contributed by atoms with van der Waals surface area (Å²) in [6.07, 6.45) is 5.60. The molecule has 0 bridgehead atoms. The average Bonchev–Trinajstić information content (AvgIpc) is 1.87. The molecule has 0 unspecified atom stereocenters. The number of allylic oxidation sites excluding steroid dienone is 1. The zero-order valence-electron chi connectivity index (χ0n) is 6.96. The lowest BCUT2D eigenvalue weighted by Crippen LogP contribution is -1.80. The van der Waals surface area contributed by atoms with Gasteiger partial charge in [-0.3, -0.25) is 0 Å². The van der Waals surface area contributed by atoms with Crippen molar-refractivity contribution < 1.29 is 0 Å². The molecule has 0 nitrogen and oxygen atoms in total. The van der Waals surface area contributed by atoms with Gasteiger partial charge in [0, 0.05) is 5.25 Å². The van der Waals surface area contributed by atoms with Gasteiger partial charge in [0.25, 0.3) is 0 Å². The van der Waals surface area contributed by atoms with Crippen LogP contribution >= 0.6 is 23.5 Å². The van der Waals surface area contributed by atoms with Crippen LogP contribution in [0.3, 0.4) is 0 Å². The molecule has 0 aliphatic heterocycles. The summed E-state index contributed by atoms with van der Waals surface area (Å²) < 4.78 is 0. The van der Waals surface area contributed by atoms with E-state index < -0.39 is 0 Å². The van der Waals surface area contributed by atoms with Crippen LogP contribution in [0.25, 0.3) is 0 Å². The van der Waals surface area contributed by atoms with E-state index in [0.717, 1.165) is 5.25 Å². The highest BCUT2D eigenvalue weighted by atomic mass is 32.2. The largest absolute Gasteiger partial charge is 0.165 e. The smallest absolute Gasteiger partial charge is 0.00316 e. The summed E-state index contributed by atoms with van der Waals surface area (Å²) in [5, 5.41) is 2.94.